The Labute approximate surface area is 116 Å². The van der Waals surface area contributed by atoms with Crippen molar-refractivity contribution in [1.29, 1.82) is 0 Å². The van der Waals surface area contributed by atoms with Crippen LogP contribution in [0.25, 0.3) is 11.2 Å². The van der Waals surface area contributed by atoms with Gasteiger partial charge in [-0.05, 0) is 44.0 Å². The highest BCUT2D eigenvalue weighted by Gasteiger charge is 2.23. The highest BCUT2D eigenvalue weighted by Crippen LogP contribution is 2.31. The highest BCUT2D eigenvalue weighted by molar-refractivity contribution is 7.71. The predicted octanol–water partition coefficient (Wildman–Crippen LogP) is 2.58. The fraction of sp³-hybridized carbons (Fsp3) is 0.538. The van der Waals surface area contributed by atoms with Gasteiger partial charge < -0.3 is 14.8 Å². The molecule has 2 N–H and O–H groups in total. The fourth-order valence-electron chi connectivity index (χ4n) is 2.75. The number of aliphatic hydroxyl groups is 1. The molecule has 2 heterocycles. The minimum atomic E-state index is -0.168. The Kier molecular flexibility index (Phi) is 3.28. The molecule has 1 saturated carbocycles. The Morgan fingerprint density at radius 2 is 2.11 bits per heavy atom. The molecule has 19 heavy (non-hydrogen) atoms. The van der Waals surface area contributed by atoms with E-state index in [0.29, 0.717) is 16.7 Å². The zero-order valence-electron chi connectivity index (χ0n) is 10.8. The summed E-state index contributed by atoms with van der Waals surface area (Å²) in [7, 11) is 1.61. The molecule has 0 aliphatic heterocycles. The van der Waals surface area contributed by atoms with Gasteiger partial charge in [0.1, 0.15) is 0 Å². The molecule has 0 spiro atoms. The number of aromatic amines is 1. The summed E-state index contributed by atoms with van der Waals surface area (Å²) in [4.78, 5) is 7.67. The molecule has 0 saturated heterocycles. The Hall–Kier alpha value is -1.40. The van der Waals surface area contributed by atoms with Crippen molar-refractivity contribution in [2.45, 2.75) is 37.8 Å². The molecule has 102 valence electrons. The number of H-pyrrole nitrogens is 1. The van der Waals surface area contributed by atoms with Crippen LogP contribution in [0.1, 0.15) is 31.7 Å². The van der Waals surface area contributed by atoms with Gasteiger partial charge in [-0.1, -0.05) is 0 Å². The van der Waals surface area contributed by atoms with Crippen LogP contribution in [0, 0.1) is 4.77 Å². The number of rotatable bonds is 2. The fourth-order valence-corrected chi connectivity index (χ4v) is 3.10. The van der Waals surface area contributed by atoms with Crippen molar-refractivity contribution in [1.82, 2.24) is 14.5 Å². The molecular weight excluding hydrogens is 262 g/mol. The predicted molar refractivity (Wildman–Crippen MR) is 75.0 cm³/mol. The molecule has 3 rings (SSSR count). The van der Waals surface area contributed by atoms with E-state index in [9.17, 15) is 5.11 Å². The normalized spacial score (nSPS) is 23.7. The van der Waals surface area contributed by atoms with Crippen LogP contribution in [0.5, 0.6) is 5.88 Å². The molecule has 0 bridgehead atoms. The van der Waals surface area contributed by atoms with Gasteiger partial charge in [-0.15, -0.1) is 0 Å². The number of fused-ring (bicyclic) bond motifs is 1. The molecule has 1 aliphatic rings. The van der Waals surface area contributed by atoms with Gasteiger partial charge in [0.05, 0.1) is 18.7 Å². The van der Waals surface area contributed by atoms with Gasteiger partial charge in [-0.3, -0.25) is 4.57 Å². The molecule has 2 aromatic rings. The SMILES string of the molecule is COc1ccc2[nH]c(=S)n(C3CCC(O)CC3)c2n1. The Bertz CT molecular complexity index is 641. The quantitative estimate of drug-likeness (QED) is 0.829. The van der Waals surface area contributed by atoms with E-state index in [0.717, 1.165) is 36.8 Å². The first-order valence-electron chi connectivity index (χ1n) is 6.52. The maximum atomic E-state index is 9.61. The average molecular weight is 279 g/mol. The van der Waals surface area contributed by atoms with E-state index in [1.165, 1.54) is 0 Å². The summed E-state index contributed by atoms with van der Waals surface area (Å²) in [6, 6.07) is 4.07. The van der Waals surface area contributed by atoms with Crippen LogP contribution in [0.3, 0.4) is 0 Å². The van der Waals surface area contributed by atoms with Crippen molar-refractivity contribution in [3.05, 3.63) is 16.9 Å². The van der Waals surface area contributed by atoms with Crippen LogP contribution in [0.4, 0.5) is 0 Å². The molecule has 0 aromatic carbocycles. The lowest BCUT2D eigenvalue weighted by molar-refractivity contribution is 0.111. The summed E-state index contributed by atoms with van der Waals surface area (Å²) in [5.41, 5.74) is 1.77. The average Bonchev–Trinajstić information content (AvgIpc) is 2.75. The number of imidazole rings is 1. The van der Waals surface area contributed by atoms with Crippen LogP contribution < -0.4 is 4.74 Å². The second-order valence-electron chi connectivity index (χ2n) is 4.99. The number of pyridine rings is 1. The number of nitrogens with zero attached hydrogens (tertiary/aromatic N) is 2. The van der Waals surface area contributed by atoms with Crippen LogP contribution in [-0.2, 0) is 0 Å². The molecule has 1 fully saturated rings. The van der Waals surface area contributed by atoms with Crippen LogP contribution in [0.2, 0.25) is 0 Å². The zero-order chi connectivity index (χ0) is 13.4. The standard InChI is InChI=1S/C13H17N3O2S/c1-18-11-7-6-10-12(15-11)16(13(19)14-10)8-2-4-9(17)5-3-8/h6-9,17H,2-5H2,1H3,(H,14,19). The Balaban J connectivity index is 2.06. The number of aromatic nitrogens is 3. The van der Waals surface area contributed by atoms with Crippen molar-refractivity contribution in [3.8, 4) is 5.88 Å². The lowest BCUT2D eigenvalue weighted by atomic mass is 9.93. The van der Waals surface area contributed by atoms with Gasteiger partial charge in [0.15, 0.2) is 10.4 Å². The summed E-state index contributed by atoms with van der Waals surface area (Å²) in [5.74, 6) is 0.589. The number of aliphatic hydroxyl groups excluding tert-OH is 1. The molecule has 0 amide bonds. The first kappa shape index (κ1) is 12.6. The van der Waals surface area contributed by atoms with Crippen molar-refractivity contribution in [2.24, 2.45) is 0 Å². The largest absolute Gasteiger partial charge is 0.481 e. The molecule has 0 unspecified atom stereocenters. The summed E-state index contributed by atoms with van der Waals surface area (Å²) >= 11 is 5.41. The van der Waals surface area contributed by atoms with Crippen molar-refractivity contribution in [3.63, 3.8) is 0 Å². The number of hydrogen-bond donors (Lipinski definition) is 2. The monoisotopic (exact) mass is 279 g/mol. The zero-order valence-corrected chi connectivity index (χ0v) is 11.6. The summed E-state index contributed by atoms with van der Waals surface area (Å²) in [6.07, 6.45) is 3.34. The lowest BCUT2D eigenvalue weighted by Gasteiger charge is -2.26. The van der Waals surface area contributed by atoms with Crippen LogP contribution in [0.15, 0.2) is 12.1 Å². The molecule has 1 aliphatic carbocycles. The topological polar surface area (TPSA) is 63.1 Å². The molecular formula is C13H17N3O2S. The first-order valence-corrected chi connectivity index (χ1v) is 6.93. The van der Waals surface area contributed by atoms with Gasteiger partial charge in [0, 0.05) is 12.1 Å². The van der Waals surface area contributed by atoms with E-state index in [1.807, 2.05) is 12.1 Å². The molecule has 6 heteroatoms. The molecule has 2 aromatic heterocycles. The molecule has 0 radical (unpaired) electrons. The maximum absolute atomic E-state index is 9.61. The number of methoxy groups -OCH3 is 1. The van der Waals surface area contributed by atoms with Crippen LogP contribution in [-0.4, -0.2) is 32.9 Å². The third-order valence-corrected chi connectivity index (χ3v) is 4.08. The molecule has 0 atom stereocenters. The minimum absolute atomic E-state index is 0.168. The van der Waals surface area contributed by atoms with E-state index < -0.39 is 0 Å². The highest BCUT2D eigenvalue weighted by atomic mass is 32.1. The Morgan fingerprint density at radius 1 is 1.37 bits per heavy atom. The smallest absolute Gasteiger partial charge is 0.215 e. The summed E-state index contributed by atoms with van der Waals surface area (Å²) in [6.45, 7) is 0. The lowest BCUT2D eigenvalue weighted by Crippen LogP contribution is -2.21. The summed E-state index contributed by atoms with van der Waals surface area (Å²) < 4.78 is 7.94. The van der Waals surface area contributed by atoms with E-state index in [4.69, 9.17) is 17.0 Å². The Morgan fingerprint density at radius 3 is 2.79 bits per heavy atom. The number of ether oxygens (including phenoxy) is 1. The number of nitrogens with one attached hydrogen (secondary N) is 1. The van der Waals surface area contributed by atoms with E-state index >= 15 is 0 Å². The van der Waals surface area contributed by atoms with E-state index in [1.54, 1.807) is 7.11 Å². The van der Waals surface area contributed by atoms with Gasteiger partial charge in [0.25, 0.3) is 0 Å². The summed E-state index contributed by atoms with van der Waals surface area (Å²) in [5, 5.41) is 9.61. The van der Waals surface area contributed by atoms with Crippen LogP contribution >= 0.6 is 12.2 Å². The van der Waals surface area contributed by atoms with Gasteiger partial charge in [0.2, 0.25) is 5.88 Å². The third-order valence-electron chi connectivity index (χ3n) is 3.78. The van der Waals surface area contributed by atoms with Gasteiger partial charge in [-0.25, -0.2) is 0 Å². The second-order valence-corrected chi connectivity index (χ2v) is 5.37. The van der Waals surface area contributed by atoms with Crippen molar-refractivity contribution in [2.75, 3.05) is 7.11 Å². The van der Waals surface area contributed by atoms with E-state index in [2.05, 4.69) is 14.5 Å². The first-order chi connectivity index (χ1) is 9.19. The molecule has 5 nitrogen and oxygen atoms in total. The van der Waals surface area contributed by atoms with Gasteiger partial charge >= 0.3 is 0 Å². The van der Waals surface area contributed by atoms with Gasteiger partial charge in [-0.2, -0.15) is 4.98 Å². The number of hydrogen-bond acceptors (Lipinski definition) is 4. The second kappa shape index (κ2) is 4.94. The van der Waals surface area contributed by atoms with Crippen molar-refractivity contribution >= 4 is 23.4 Å². The third kappa shape index (κ3) is 2.26. The van der Waals surface area contributed by atoms with E-state index in [-0.39, 0.29) is 6.10 Å². The maximum Gasteiger partial charge on any atom is 0.215 e. The minimum Gasteiger partial charge on any atom is -0.481 e. The van der Waals surface area contributed by atoms with Crippen molar-refractivity contribution < 1.29 is 9.84 Å².